The highest BCUT2D eigenvalue weighted by atomic mass is 32.2. The molecule has 2 aromatic heterocycles. The van der Waals surface area contributed by atoms with Gasteiger partial charge in [0, 0.05) is 35.2 Å². The molecule has 0 spiro atoms. The lowest BCUT2D eigenvalue weighted by atomic mass is 10.3. The van der Waals surface area contributed by atoms with Gasteiger partial charge in [0.05, 0.1) is 0 Å². The van der Waals surface area contributed by atoms with Crippen LogP contribution < -0.4 is 0 Å². The average molecular weight is 262 g/mol. The standard InChI is InChI=1S/C11H10N4S2/c1-6-2-12-9(13-3-6)10-14-8-5-17-4-7(8)11(16)15-10/h2-3H,4-5H2,1H3,(H,14,15,16). The largest absolute Gasteiger partial charge is 0.339 e. The molecule has 1 aliphatic rings. The molecule has 2 aromatic rings. The SMILES string of the molecule is Cc1cnc(-c2nc(=S)c3c([nH]2)CSC3)nc1. The second-order valence-electron chi connectivity index (χ2n) is 3.92. The Morgan fingerprint density at radius 1 is 1.29 bits per heavy atom. The number of aromatic amines is 1. The zero-order chi connectivity index (χ0) is 11.8. The molecule has 0 amide bonds. The number of rotatable bonds is 1. The first-order chi connectivity index (χ1) is 8.24. The first-order valence-electron chi connectivity index (χ1n) is 5.23. The van der Waals surface area contributed by atoms with Gasteiger partial charge >= 0.3 is 0 Å². The molecule has 4 nitrogen and oxygen atoms in total. The van der Waals surface area contributed by atoms with Crippen LogP contribution in [0.25, 0.3) is 11.6 Å². The molecule has 0 unspecified atom stereocenters. The van der Waals surface area contributed by atoms with Crippen molar-refractivity contribution in [3.8, 4) is 11.6 Å². The Morgan fingerprint density at radius 2 is 2.06 bits per heavy atom. The number of hydrogen-bond donors (Lipinski definition) is 1. The Kier molecular flexibility index (Phi) is 2.68. The lowest BCUT2D eigenvalue weighted by molar-refractivity contribution is 1.01. The zero-order valence-electron chi connectivity index (χ0n) is 9.23. The quantitative estimate of drug-likeness (QED) is 0.801. The van der Waals surface area contributed by atoms with E-state index in [1.54, 1.807) is 12.4 Å². The van der Waals surface area contributed by atoms with E-state index in [0.29, 0.717) is 16.3 Å². The summed E-state index contributed by atoms with van der Waals surface area (Å²) in [4.78, 5) is 16.2. The molecule has 1 aliphatic heterocycles. The van der Waals surface area contributed by atoms with Crippen LogP contribution in [0.1, 0.15) is 16.8 Å². The van der Waals surface area contributed by atoms with Gasteiger partial charge in [-0.2, -0.15) is 11.8 Å². The van der Waals surface area contributed by atoms with Gasteiger partial charge in [0.1, 0.15) is 4.64 Å². The summed E-state index contributed by atoms with van der Waals surface area (Å²) < 4.78 is 0.669. The molecule has 3 heterocycles. The maximum atomic E-state index is 5.29. The molecule has 0 saturated heterocycles. The number of fused-ring (bicyclic) bond motifs is 1. The van der Waals surface area contributed by atoms with Gasteiger partial charge in [-0.1, -0.05) is 12.2 Å². The fourth-order valence-corrected chi connectivity index (χ4v) is 3.14. The van der Waals surface area contributed by atoms with E-state index in [0.717, 1.165) is 28.3 Å². The van der Waals surface area contributed by atoms with Gasteiger partial charge in [-0.05, 0) is 12.5 Å². The van der Waals surface area contributed by atoms with Crippen LogP contribution in [0.2, 0.25) is 0 Å². The Bertz CT molecular complexity index is 618. The Morgan fingerprint density at radius 3 is 2.82 bits per heavy atom. The molecule has 0 atom stereocenters. The third-order valence-corrected chi connectivity index (χ3v) is 3.91. The monoisotopic (exact) mass is 262 g/mol. The summed E-state index contributed by atoms with van der Waals surface area (Å²) >= 11 is 7.14. The highest BCUT2D eigenvalue weighted by Crippen LogP contribution is 2.29. The number of aryl methyl sites for hydroxylation is 1. The van der Waals surface area contributed by atoms with Crippen molar-refractivity contribution in [1.82, 2.24) is 19.9 Å². The number of thioether (sulfide) groups is 1. The Labute approximate surface area is 108 Å². The van der Waals surface area contributed by atoms with E-state index in [2.05, 4.69) is 19.9 Å². The molecule has 86 valence electrons. The molecule has 0 saturated carbocycles. The van der Waals surface area contributed by atoms with Gasteiger partial charge in [-0.15, -0.1) is 0 Å². The van der Waals surface area contributed by atoms with E-state index in [-0.39, 0.29) is 0 Å². The molecule has 0 fully saturated rings. The van der Waals surface area contributed by atoms with Crippen molar-refractivity contribution >= 4 is 24.0 Å². The maximum absolute atomic E-state index is 5.29. The zero-order valence-corrected chi connectivity index (χ0v) is 10.9. The summed E-state index contributed by atoms with van der Waals surface area (Å²) in [7, 11) is 0. The average Bonchev–Trinajstić information content (AvgIpc) is 2.78. The smallest absolute Gasteiger partial charge is 0.195 e. The Hall–Kier alpha value is -1.27. The van der Waals surface area contributed by atoms with Gasteiger partial charge in [0.15, 0.2) is 11.6 Å². The van der Waals surface area contributed by atoms with Crippen LogP contribution in [0, 0.1) is 11.6 Å². The van der Waals surface area contributed by atoms with Crippen LogP contribution in [0.3, 0.4) is 0 Å². The van der Waals surface area contributed by atoms with Gasteiger partial charge < -0.3 is 4.98 Å². The van der Waals surface area contributed by atoms with E-state index in [9.17, 15) is 0 Å². The van der Waals surface area contributed by atoms with E-state index in [1.807, 2.05) is 18.7 Å². The number of H-pyrrole nitrogens is 1. The predicted molar refractivity (Wildman–Crippen MR) is 70.2 cm³/mol. The van der Waals surface area contributed by atoms with Crippen LogP contribution >= 0.6 is 24.0 Å². The molecule has 0 aromatic carbocycles. The van der Waals surface area contributed by atoms with Crippen LogP contribution in [-0.2, 0) is 11.5 Å². The van der Waals surface area contributed by atoms with E-state index >= 15 is 0 Å². The fourth-order valence-electron chi connectivity index (χ4n) is 1.69. The van der Waals surface area contributed by atoms with Gasteiger partial charge in [0.25, 0.3) is 0 Å². The molecular weight excluding hydrogens is 252 g/mol. The number of hydrogen-bond acceptors (Lipinski definition) is 5. The molecule has 0 bridgehead atoms. The van der Waals surface area contributed by atoms with Crippen molar-refractivity contribution < 1.29 is 0 Å². The van der Waals surface area contributed by atoms with E-state index in [4.69, 9.17) is 12.2 Å². The van der Waals surface area contributed by atoms with E-state index < -0.39 is 0 Å². The highest BCUT2D eigenvalue weighted by Gasteiger charge is 2.16. The number of aromatic nitrogens is 4. The van der Waals surface area contributed by atoms with Crippen molar-refractivity contribution in [1.29, 1.82) is 0 Å². The normalized spacial score (nSPS) is 13.7. The maximum Gasteiger partial charge on any atom is 0.195 e. The number of nitrogens with zero attached hydrogens (tertiary/aromatic N) is 3. The van der Waals surface area contributed by atoms with Gasteiger partial charge in [-0.25, -0.2) is 15.0 Å². The topological polar surface area (TPSA) is 54.5 Å². The summed E-state index contributed by atoms with van der Waals surface area (Å²) in [6.45, 7) is 1.96. The van der Waals surface area contributed by atoms with Gasteiger partial charge in [-0.3, -0.25) is 0 Å². The van der Waals surface area contributed by atoms with Crippen LogP contribution in [0.5, 0.6) is 0 Å². The first kappa shape index (κ1) is 10.9. The molecule has 0 radical (unpaired) electrons. The van der Waals surface area contributed by atoms with Crippen LogP contribution in [0.15, 0.2) is 12.4 Å². The Balaban J connectivity index is 2.13. The summed E-state index contributed by atoms with van der Waals surface area (Å²) in [6.07, 6.45) is 3.56. The second kappa shape index (κ2) is 4.19. The number of nitrogens with one attached hydrogen (secondary N) is 1. The van der Waals surface area contributed by atoms with Crippen molar-refractivity contribution in [2.45, 2.75) is 18.4 Å². The molecule has 1 N–H and O–H groups in total. The fraction of sp³-hybridized carbons (Fsp3) is 0.273. The van der Waals surface area contributed by atoms with Crippen LogP contribution in [-0.4, -0.2) is 19.9 Å². The molecule has 3 rings (SSSR count). The minimum Gasteiger partial charge on any atom is -0.339 e. The lowest BCUT2D eigenvalue weighted by Crippen LogP contribution is -2.00. The second-order valence-corrected chi connectivity index (χ2v) is 5.30. The van der Waals surface area contributed by atoms with Crippen molar-refractivity contribution in [2.75, 3.05) is 0 Å². The summed E-state index contributed by atoms with van der Waals surface area (Å²) in [6, 6.07) is 0. The summed E-state index contributed by atoms with van der Waals surface area (Å²) in [5.41, 5.74) is 3.35. The predicted octanol–water partition coefficient (Wildman–Crippen LogP) is 2.65. The van der Waals surface area contributed by atoms with Crippen molar-refractivity contribution in [2.24, 2.45) is 0 Å². The minimum atomic E-state index is 0.599. The molecule has 6 heteroatoms. The minimum absolute atomic E-state index is 0.599. The highest BCUT2D eigenvalue weighted by molar-refractivity contribution is 7.98. The third kappa shape index (κ3) is 1.98. The first-order valence-corrected chi connectivity index (χ1v) is 6.79. The molecular formula is C11H10N4S2. The van der Waals surface area contributed by atoms with Crippen molar-refractivity contribution in [3.63, 3.8) is 0 Å². The third-order valence-electron chi connectivity index (χ3n) is 2.59. The summed E-state index contributed by atoms with van der Waals surface area (Å²) in [5, 5.41) is 0. The van der Waals surface area contributed by atoms with Gasteiger partial charge in [0.2, 0.25) is 0 Å². The van der Waals surface area contributed by atoms with Crippen LogP contribution in [0.4, 0.5) is 0 Å². The lowest BCUT2D eigenvalue weighted by Gasteiger charge is -2.03. The molecule has 17 heavy (non-hydrogen) atoms. The summed E-state index contributed by atoms with van der Waals surface area (Å²) in [5.74, 6) is 3.17. The molecule has 0 aliphatic carbocycles. The van der Waals surface area contributed by atoms with Crippen molar-refractivity contribution in [3.05, 3.63) is 33.9 Å². The van der Waals surface area contributed by atoms with E-state index in [1.165, 1.54) is 0 Å².